The van der Waals surface area contributed by atoms with Crippen LogP contribution in [0.2, 0.25) is 0 Å². The van der Waals surface area contributed by atoms with E-state index < -0.39 is 18.2 Å². The Morgan fingerprint density at radius 1 is 1.75 bits per heavy atom. The van der Waals surface area contributed by atoms with Gasteiger partial charge in [0.2, 0.25) is 0 Å². The Kier molecular flexibility index (Phi) is 2.90. The quantitative estimate of drug-likeness (QED) is 0.672. The minimum absolute atomic E-state index is 0.205. The van der Waals surface area contributed by atoms with E-state index in [1.165, 1.54) is 4.57 Å². The van der Waals surface area contributed by atoms with Crippen LogP contribution < -0.4 is 11.4 Å². The zero-order valence-corrected chi connectivity index (χ0v) is 8.79. The summed E-state index contributed by atoms with van der Waals surface area (Å²) in [4.78, 5) is 15.2. The van der Waals surface area contributed by atoms with Crippen molar-refractivity contribution in [2.75, 3.05) is 18.9 Å². The number of anilines is 1. The van der Waals surface area contributed by atoms with Crippen molar-refractivity contribution >= 4 is 5.82 Å². The second-order valence-electron chi connectivity index (χ2n) is 3.54. The van der Waals surface area contributed by atoms with Gasteiger partial charge in [0.15, 0.2) is 12.5 Å². The summed E-state index contributed by atoms with van der Waals surface area (Å²) in [7, 11) is 0. The van der Waals surface area contributed by atoms with E-state index in [1.807, 2.05) is 0 Å². The predicted octanol–water partition coefficient (Wildman–Crippen LogP) is -1.00. The monoisotopic (exact) mass is 227 g/mol. The van der Waals surface area contributed by atoms with Crippen LogP contribution in [-0.2, 0) is 9.47 Å². The Morgan fingerprint density at radius 2 is 2.50 bits per heavy atom. The van der Waals surface area contributed by atoms with Gasteiger partial charge in [0.1, 0.15) is 5.82 Å². The molecule has 0 amide bonds. The first-order valence-corrected chi connectivity index (χ1v) is 4.85. The first kappa shape index (κ1) is 11.1. The Morgan fingerprint density at radius 3 is 3.12 bits per heavy atom. The molecular weight excluding hydrogens is 214 g/mol. The van der Waals surface area contributed by atoms with Gasteiger partial charge in [-0.2, -0.15) is 4.98 Å². The van der Waals surface area contributed by atoms with Crippen LogP contribution in [0, 0.1) is 6.92 Å². The van der Waals surface area contributed by atoms with Crippen molar-refractivity contribution in [2.45, 2.75) is 19.4 Å². The van der Waals surface area contributed by atoms with Crippen LogP contribution in [0.5, 0.6) is 0 Å². The summed E-state index contributed by atoms with van der Waals surface area (Å²) >= 11 is 0. The molecule has 0 bridgehead atoms. The Balaban J connectivity index is 2.28. The van der Waals surface area contributed by atoms with E-state index >= 15 is 0 Å². The van der Waals surface area contributed by atoms with Crippen LogP contribution in [0.15, 0.2) is 11.0 Å². The number of aryl methyl sites for hydroxylation is 1. The van der Waals surface area contributed by atoms with E-state index in [0.717, 1.165) is 0 Å². The Bertz CT molecular complexity index is 445. The van der Waals surface area contributed by atoms with Gasteiger partial charge in [-0.25, -0.2) is 4.79 Å². The maximum Gasteiger partial charge on any atom is 0.351 e. The first-order chi connectivity index (χ1) is 7.61. The maximum atomic E-state index is 11.5. The number of hydrogen-bond donors (Lipinski definition) is 2. The van der Waals surface area contributed by atoms with Crippen molar-refractivity contribution in [3.05, 3.63) is 22.2 Å². The van der Waals surface area contributed by atoms with Crippen LogP contribution in [-0.4, -0.2) is 34.2 Å². The van der Waals surface area contributed by atoms with Gasteiger partial charge in [-0.05, 0) is 6.92 Å². The summed E-state index contributed by atoms with van der Waals surface area (Å²) in [5, 5.41) is 8.83. The second-order valence-corrected chi connectivity index (χ2v) is 3.54. The third kappa shape index (κ3) is 1.92. The molecule has 0 aliphatic carbocycles. The van der Waals surface area contributed by atoms with Crippen LogP contribution in [0.1, 0.15) is 11.8 Å². The molecule has 2 atom stereocenters. The molecule has 1 aliphatic rings. The summed E-state index contributed by atoms with van der Waals surface area (Å²) in [6, 6.07) is 0. The molecule has 1 aromatic rings. The number of nitrogens with zero attached hydrogens (tertiary/aromatic N) is 2. The maximum absolute atomic E-state index is 11.5. The third-order valence-electron chi connectivity index (χ3n) is 2.37. The highest BCUT2D eigenvalue weighted by atomic mass is 16.7. The summed E-state index contributed by atoms with van der Waals surface area (Å²) in [6.07, 6.45) is 0.324. The normalized spacial score (nSPS) is 24.9. The number of nitrogen functional groups attached to an aromatic ring is 1. The largest absolute Gasteiger partial charge is 0.391 e. The lowest BCUT2D eigenvalue weighted by Gasteiger charge is -2.13. The lowest BCUT2D eigenvalue weighted by molar-refractivity contribution is -0.0992. The fourth-order valence-corrected chi connectivity index (χ4v) is 1.47. The lowest BCUT2D eigenvalue weighted by atomic mass is 10.3. The van der Waals surface area contributed by atoms with Crippen molar-refractivity contribution in [3.8, 4) is 0 Å². The smallest absolute Gasteiger partial charge is 0.351 e. The predicted molar refractivity (Wildman–Crippen MR) is 54.6 cm³/mol. The topological polar surface area (TPSA) is 99.6 Å². The zero-order valence-electron chi connectivity index (χ0n) is 8.79. The first-order valence-electron chi connectivity index (χ1n) is 4.85. The number of hydrogen-bond acceptors (Lipinski definition) is 6. The van der Waals surface area contributed by atoms with E-state index in [1.54, 1.807) is 13.1 Å². The molecule has 0 spiro atoms. The molecule has 0 radical (unpaired) electrons. The molecule has 0 aromatic carbocycles. The molecule has 1 fully saturated rings. The van der Waals surface area contributed by atoms with Gasteiger partial charge in [-0.15, -0.1) is 0 Å². The number of aliphatic hydroxyl groups is 1. The van der Waals surface area contributed by atoms with Crippen LogP contribution >= 0.6 is 0 Å². The highest BCUT2D eigenvalue weighted by Gasteiger charge is 2.27. The zero-order chi connectivity index (χ0) is 11.7. The summed E-state index contributed by atoms with van der Waals surface area (Å²) in [5.74, 6) is 0.207. The van der Waals surface area contributed by atoms with Crippen molar-refractivity contribution in [1.82, 2.24) is 9.55 Å². The van der Waals surface area contributed by atoms with Gasteiger partial charge < -0.3 is 20.3 Å². The number of nitrogens with two attached hydrogens (primary N) is 1. The molecule has 0 saturated carbocycles. The van der Waals surface area contributed by atoms with E-state index in [2.05, 4.69) is 4.98 Å². The molecule has 7 heteroatoms. The Hall–Kier alpha value is -1.44. The Labute approximate surface area is 91.4 Å². The van der Waals surface area contributed by atoms with Gasteiger partial charge in [0.05, 0.1) is 13.2 Å². The third-order valence-corrected chi connectivity index (χ3v) is 2.37. The molecule has 2 rings (SSSR count). The molecular formula is C9H13N3O4. The summed E-state index contributed by atoms with van der Waals surface area (Å²) in [5.41, 5.74) is 5.71. The average molecular weight is 227 g/mol. The van der Waals surface area contributed by atoms with Crippen LogP contribution in [0.4, 0.5) is 5.82 Å². The highest BCUT2D eigenvalue weighted by Crippen LogP contribution is 2.19. The standard InChI is InChI=1S/C9H13N3O4/c1-5-2-12(9(14)11-8(5)10)6-4-15-7(3-13)16-6/h2,6-7,13H,3-4H2,1H3,(H2,10,11,14)/t6?,7-/m0/s1. The molecule has 1 unspecified atom stereocenters. The fourth-order valence-electron chi connectivity index (χ4n) is 1.47. The second kappa shape index (κ2) is 4.20. The molecule has 1 aromatic heterocycles. The summed E-state index contributed by atoms with van der Waals surface area (Å²) in [6.45, 7) is 1.71. The van der Waals surface area contributed by atoms with Crippen LogP contribution in [0.3, 0.4) is 0 Å². The SMILES string of the molecule is Cc1cn(C2CO[C@H](CO)O2)c(=O)nc1N. The van der Waals surface area contributed by atoms with Gasteiger partial charge in [-0.3, -0.25) is 4.57 Å². The van der Waals surface area contributed by atoms with E-state index in [0.29, 0.717) is 5.56 Å². The molecule has 88 valence electrons. The summed E-state index contributed by atoms with van der Waals surface area (Å²) < 4.78 is 11.7. The van der Waals surface area contributed by atoms with E-state index in [4.69, 9.17) is 20.3 Å². The van der Waals surface area contributed by atoms with Crippen molar-refractivity contribution in [1.29, 1.82) is 0 Å². The minimum atomic E-state index is -0.685. The van der Waals surface area contributed by atoms with Gasteiger partial charge in [0.25, 0.3) is 0 Å². The van der Waals surface area contributed by atoms with E-state index in [-0.39, 0.29) is 19.0 Å². The molecule has 2 heterocycles. The molecule has 1 aliphatic heterocycles. The molecule has 3 N–H and O–H groups in total. The number of rotatable bonds is 2. The number of aromatic nitrogens is 2. The highest BCUT2D eigenvalue weighted by molar-refractivity contribution is 5.35. The number of aliphatic hydroxyl groups excluding tert-OH is 1. The van der Waals surface area contributed by atoms with Crippen molar-refractivity contribution < 1.29 is 14.6 Å². The molecule has 7 nitrogen and oxygen atoms in total. The minimum Gasteiger partial charge on any atom is -0.391 e. The lowest BCUT2D eigenvalue weighted by Crippen LogP contribution is -2.29. The van der Waals surface area contributed by atoms with E-state index in [9.17, 15) is 4.79 Å². The molecule has 1 saturated heterocycles. The average Bonchev–Trinajstić information content (AvgIpc) is 2.71. The van der Waals surface area contributed by atoms with Crippen molar-refractivity contribution in [2.24, 2.45) is 0 Å². The number of ether oxygens (including phenoxy) is 2. The molecule has 16 heavy (non-hydrogen) atoms. The van der Waals surface area contributed by atoms with Gasteiger partial charge in [-0.1, -0.05) is 0 Å². The fraction of sp³-hybridized carbons (Fsp3) is 0.556. The van der Waals surface area contributed by atoms with Gasteiger partial charge in [0, 0.05) is 11.8 Å². The van der Waals surface area contributed by atoms with Gasteiger partial charge >= 0.3 is 5.69 Å². The van der Waals surface area contributed by atoms with Crippen LogP contribution in [0.25, 0.3) is 0 Å². The van der Waals surface area contributed by atoms with Crippen molar-refractivity contribution in [3.63, 3.8) is 0 Å².